The molecule has 0 unspecified atom stereocenters. The molecule has 2 bridgehead atoms. The van der Waals surface area contributed by atoms with E-state index in [1.807, 2.05) is 0 Å². The molecule has 0 radical (unpaired) electrons. The van der Waals surface area contributed by atoms with E-state index in [4.69, 9.17) is 9.47 Å². The zero-order valence-electron chi connectivity index (χ0n) is 10.1. The van der Waals surface area contributed by atoms with Crippen molar-refractivity contribution >= 4 is 0 Å². The molecule has 86 valence electrons. The minimum absolute atomic E-state index is 0.0642. The highest BCUT2D eigenvalue weighted by atomic mass is 16.8. The van der Waals surface area contributed by atoms with E-state index >= 15 is 0 Å². The summed E-state index contributed by atoms with van der Waals surface area (Å²) in [7, 11) is 0. The van der Waals surface area contributed by atoms with E-state index in [1.54, 1.807) is 0 Å². The molecule has 2 saturated heterocycles. The van der Waals surface area contributed by atoms with Crippen LogP contribution in [0.15, 0.2) is 0 Å². The molecule has 1 aliphatic carbocycles. The quantitative estimate of drug-likeness (QED) is 0.611. The maximum Gasteiger partial charge on any atom is 0.166 e. The lowest BCUT2D eigenvalue weighted by molar-refractivity contribution is -0.239. The Labute approximate surface area is 92.3 Å². The Kier molecular flexibility index (Phi) is 1.87. The van der Waals surface area contributed by atoms with Crippen molar-refractivity contribution in [1.29, 1.82) is 0 Å². The van der Waals surface area contributed by atoms with Crippen LogP contribution in [0.3, 0.4) is 0 Å². The second kappa shape index (κ2) is 2.78. The lowest BCUT2D eigenvalue weighted by Gasteiger charge is -2.52. The number of ether oxygens (including phenoxy) is 2. The lowest BCUT2D eigenvalue weighted by atomic mass is 9.59. The molecule has 1 saturated carbocycles. The van der Waals surface area contributed by atoms with Gasteiger partial charge in [0.25, 0.3) is 0 Å². The van der Waals surface area contributed by atoms with Gasteiger partial charge >= 0.3 is 0 Å². The minimum atomic E-state index is -0.260. The first-order valence-corrected chi connectivity index (χ1v) is 6.30. The topological polar surface area (TPSA) is 18.5 Å². The highest BCUT2D eigenvalue weighted by Crippen LogP contribution is 2.58. The summed E-state index contributed by atoms with van der Waals surface area (Å²) < 4.78 is 12.2. The van der Waals surface area contributed by atoms with Crippen molar-refractivity contribution in [3.63, 3.8) is 0 Å². The zero-order chi connectivity index (χ0) is 10.7. The van der Waals surface area contributed by atoms with Gasteiger partial charge in [0, 0.05) is 6.42 Å². The van der Waals surface area contributed by atoms with Crippen LogP contribution in [0.2, 0.25) is 0 Å². The Morgan fingerprint density at radius 2 is 1.87 bits per heavy atom. The molecule has 3 fully saturated rings. The van der Waals surface area contributed by atoms with Gasteiger partial charge in [-0.25, -0.2) is 0 Å². The predicted molar refractivity (Wildman–Crippen MR) is 58.5 cm³/mol. The van der Waals surface area contributed by atoms with E-state index in [2.05, 4.69) is 20.8 Å². The van der Waals surface area contributed by atoms with Crippen molar-refractivity contribution in [1.82, 2.24) is 0 Å². The Bertz CT molecular complexity index is 286. The van der Waals surface area contributed by atoms with Gasteiger partial charge < -0.3 is 9.47 Å². The van der Waals surface area contributed by atoms with Crippen molar-refractivity contribution in [2.75, 3.05) is 6.61 Å². The second-order valence-electron chi connectivity index (χ2n) is 6.52. The third-order valence-electron chi connectivity index (χ3n) is 4.93. The van der Waals surface area contributed by atoms with Crippen LogP contribution in [-0.2, 0) is 9.47 Å². The number of fused-ring (bicyclic) bond motifs is 1. The summed E-state index contributed by atoms with van der Waals surface area (Å²) in [5.41, 5.74) is 0.502. The molecule has 2 aliphatic heterocycles. The Hall–Kier alpha value is -0.0800. The summed E-state index contributed by atoms with van der Waals surface area (Å²) in [5.74, 6) is 0.443. The van der Waals surface area contributed by atoms with Crippen LogP contribution in [0.1, 0.15) is 52.9 Å². The minimum Gasteiger partial charge on any atom is -0.347 e. The molecule has 2 nitrogen and oxygen atoms in total. The maximum atomic E-state index is 6.29. The summed E-state index contributed by atoms with van der Waals surface area (Å²) in [6, 6.07) is 0. The SMILES string of the molecule is CC1(C)CCC[C@@]23CO[C@@](C)(CC[C@@H]12)O3. The number of rotatable bonds is 0. The molecule has 2 heteroatoms. The zero-order valence-corrected chi connectivity index (χ0v) is 10.1. The molecule has 1 spiro atoms. The highest BCUT2D eigenvalue weighted by Gasteiger charge is 2.60. The normalized spacial score (nSPS) is 52.6. The summed E-state index contributed by atoms with van der Waals surface area (Å²) in [6.45, 7) is 7.75. The van der Waals surface area contributed by atoms with Gasteiger partial charge in [-0.1, -0.05) is 13.8 Å². The van der Waals surface area contributed by atoms with Crippen LogP contribution in [0, 0.1) is 11.3 Å². The van der Waals surface area contributed by atoms with Crippen LogP contribution in [-0.4, -0.2) is 18.0 Å². The second-order valence-corrected chi connectivity index (χ2v) is 6.52. The molecule has 0 aromatic rings. The van der Waals surface area contributed by atoms with E-state index in [1.165, 1.54) is 25.7 Å². The molecule has 0 aromatic heterocycles. The van der Waals surface area contributed by atoms with E-state index < -0.39 is 0 Å². The van der Waals surface area contributed by atoms with Crippen LogP contribution in [0.4, 0.5) is 0 Å². The molecule has 0 N–H and O–H groups in total. The van der Waals surface area contributed by atoms with Gasteiger partial charge in [0.2, 0.25) is 0 Å². The maximum absolute atomic E-state index is 6.29. The van der Waals surface area contributed by atoms with E-state index in [9.17, 15) is 0 Å². The van der Waals surface area contributed by atoms with Crippen molar-refractivity contribution < 1.29 is 9.47 Å². The van der Waals surface area contributed by atoms with E-state index in [-0.39, 0.29) is 11.4 Å². The predicted octanol–water partition coefficient (Wildman–Crippen LogP) is 3.11. The standard InChI is InChI=1S/C13H22O2/c1-11(2)6-4-7-13-9-14-12(3,15-13)8-5-10(11)13/h10H,4-9H2,1-3H3/t10-,12+,13+/m0/s1. The molecular formula is C13H22O2. The number of hydrogen-bond acceptors (Lipinski definition) is 2. The third kappa shape index (κ3) is 1.31. The van der Waals surface area contributed by atoms with Crippen LogP contribution >= 0.6 is 0 Å². The summed E-state index contributed by atoms with van der Waals surface area (Å²) >= 11 is 0. The molecule has 3 aliphatic rings. The van der Waals surface area contributed by atoms with Crippen LogP contribution in [0.5, 0.6) is 0 Å². The van der Waals surface area contributed by atoms with Gasteiger partial charge in [0.05, 0.1) is 12.2 Å². The highest BCUT2D eigenvalue weighted by molar-refractivity contribution is 5.06. The smallest absolute Gasteiger partial charge is 0.166 e. The largest absolute Gasteiger partial charge is 0.347 e. The van der Waals surface area contributed by atoms with Crippen molar-refractivity contribution in [3.05, 3.63) is 0 Å². The molecule has 15 heavy (non-hydrogen) atoms. The Morgan fingerprint density at radius 1 is 1.07 bits per heavy atom. The van der Waals surface area contributed by atoms with Gasteiger partial charge in [-0.05, 0) is 43.9 Å². The Balaban J connectivity index is 1.96. The summed E-state index contributed by atoms with van der Waals surface area (Å²) in [4.78, 5) is 0. The first-order valence-electron chi connectivity index (χ1n) is 6.30. The van der Waals surface area contributed by atoms with Crippen LogP contribution < -0.4 is 0 Å². The fourth-order valence-electron chi connectivity index (χ4n) is 4.15. The van der Waals surface area contributed by atoms with Gasteiger partial charge in [0.15, 0.2) is 5.79 Å². The van der Waals surface area contributed by atoms with Gasteiger partial charge in [-0.2, -0.15) is 0 Å². The lowest BCUT2D eigenvalue weighted by Crippen LogP contribution is -2.54. The molecular weight excluding hydrogens is 188 g/mol. The molecule has 0 aromatic carbocycles. The monoisotopic (exact) mass is 210 g/mol. The van der Waals surface area contributed by atoms with Gasteiger partial charge in [-0.3, -0.25) is 0 Å². The van der Waals surface area contributed by atoms with E-state index in [0.717, 1.165) is 13.0 Å². The van der Waals surface area contributed by atoms with Gasteiger partial charge in [0.1, 0.15) is 0 Å². The van der Waals surface area contributed by atoms with Crippen molar-refractivity contribution in [3.8, 4) is 0 Å². The first-order chi connectivity index (χ1) is 6.96. The number of hydrogen-bond donors (Lipinski definition) is 0. The molecule has 0 amide bonds. The molecule has 3 atom stereocenters. The fraction of sp³-hybridized carbons (Fsp3) is 1.00. The van der Waals surface area contributed by atoms with E-state index in [0.29, 0.717) is 11.3 Å². The fourth-order valence-corrected chi connectivity index (χ4v) is 4.15. The average molecular weight is 210 g/mol. The Morgan fingerprint density at radius 3 is 2.67 bits per heavy atom. The van der Waals surface area contributed by atoms with Crippen molar-refractivity contribution in [2.45, 2.75) is 64.3 Å². The van der Waals surface area contributed by atoms with Crippen molar-refractivity contribution in [2.24, 2.45) is 11.3 Å². The summed E-state index contributed by atoms with van der Waals surface area (Å²) in [6.07, 6.45) is 6.20. The molecule has 3 rings (SSSR count). The van der Waals surface area contributed by atoms with Gasteiger partial charge in [-0.15, -0.1) is 0 Å². The third-order valence-corrected chi connectivity index (χ3v) is 4.93. The summed E-state index contributed by atoms with van der Waals surface area (Å²) in [5, 5.41) is 0. The first kappa shape index (κ1) is 10.1. The van der Waals surface area contributed by atoms with Crippen LogP contribution in [0.25, 0.3) is 0 Å². The average Bonchev–Trinajstić information content (AvgIpc) is 2.36. The molecule has 2 heterocycles.